The summed E-state index contributed by atoms with van der Waals surface area (Å²) >= 11 is 0. The van der Waals surface area contributed by atoms with E-state index in [2.05, 4.69) is 0 Å². The van der Waals surface area contributed by atoms with E-state index in [1.807, 2.05) is 0 Å². The standard InChI is InChI=1S/Ca.H2O4Si.H2S/c;1-5(2,3)4;/h;1-2H;1H2/q+2;-2;. The third-order valence-corrected chi connectivity index (χ3v) is 0. The zero-order valence-corrected chi connectivity index (χ0v) is 7.63. The molecule has 0 heterocycles. The normalized spacial score (nSPS) is 8.57. The molecule has 0 amide bonds. The molecule has 0 radical (unpaired) electrons. The second kappa shape index (κ2) is 5.80. The van der Waals surface area contributed by atoms with Gasteiger partial charge in [0.05, 0.1) is 0 Å². The van der Waals surface area contributed by atoms with Gasteiger partial charge >= 0.3 is 37.7 Å². The third-order valence-electron chi connectivity index (χ3n) is 0. The Hall–Kier alpha value is 1.67. The zero-order valence-electron chi connectivity index (χ0n) is 3.42. The van der Waals surface area contributed by atoms with Gasteiger partial charge in [0.25, 0.3) is 0 Å². The number of rotatable bonds is 0. The first-order valence-corrected chi connectivity index (χ1v) is 2.57. The van der Waals surface area contributed by atoms with Crippen LogP contribution < -0.4 is 9.59 Å². The summed E-state index contributed by atoms with van der Waals surface area (Å²) in [6.45, 7) is 0. The van der Waals surface area contributed by atoms with E-state index in [0.29, 0.717) is 0 Å². The first kappa shape index (κ1) is 15.9. The molecule has 0 unspecified atom stereocenters. The molecule has 0 spiro atoms. The van der Waals surface area contributed by atoms with Crippen LogP contribution in [0.4, 0.5) is 0 Å². The molecule has 0 saturated heterocycles. The predicted molar refractivity (Wildman–Crippen MR) is 26.3 cm³/mol. The molecule has 0 aliphatic rings. The van der Waals surface area contributed by atoms with Gasteiger partial charge in [0.15, 0.2) is 0 Å². The van der Waals surface area contributed by atoms with E-state index in [4.69, 9.17) is 19.2 Å². The van der Waals surface area contributed by atoms with E-state index >= 15 is 0 Å². The molecule has 7 heteroatoms. The Kier molecular flexibility index (Phi) is 13.1. The Bertz CT molecular complexity index is 27.2. The van der Waals surface area contributed by atoms with Gasteiger partial charge in [0, 0.05) is 0 Å². The van der Waals surface area contributed by atoms with Gasteiger partial charge in [0.2, 0.25) is 0 Å². The summed E-state index contributed by atoms with van der Waals surface area (Å²) in [7, 11) is -5.11. The molecule has 0 aliphatic heterocycles. The Morgan fingerprint density at radius 1 is 1.14 bits per heavy atom. The first-order chi connectivity index (χ1) is 2.00. The molecule has 0 saturated carbocycles. The molecule has 0 aromatic heterocycles. The van der Waals surface area contributed by atoms with Crippen molar-refractivity contribution in [1.82, 2.24) is 0 Å². The van der Waals surface area contributed by atoms with Crippen molar-refractivity contribution >= 4 is 60.3 Å². The van der Waals surface area contributed by atoms with Crippen LogP contribution in [0.15, 0.2) is 0 Å². The van der Waals surface area contributed by atoms with Crippen molar-refractivity contribution in [2.45, 2.75) is 0 Å². The molecule has 0 aromatic rings. The summed E-state index contributed by atoms with van der Waals surface area (Å²) in [5.74, 6) is 0. The molecular weight excluding hydrogens is 164 g/mol. The van der Waals surface area contributed by atoms with E-state index in [1.165, 1.54) is 0 Å². The molecule has 0 rings (SSSR count). The van der Waals surface area contributed by atoms with Crippen molar-refractivity contribution < 1.29 is 19.2 Å². The summed E-state index contributed by atoms with van der Waals surface area (Å²) in [5.41, 5.74) is 0. The van der Waals surface area contributed by atoms with E-state index in [1.54, 1.807) is 0 Å². The van der Waals surface area contributed by atoms with Gasteiger partial charge in [-0.3, -0.25) is 0 Å². The van der Waals surface area contributed by atoms with Crippen molar-refractivity contribution in [3.8, 4) is 0 Å². The molecular formula is H4CaO4SSi. The molecule has 0 aromatic carbocycles. The molecule has 2 N–H and O–H groups in total. The molecule has 0 aliphatic carbocycles. The molecule has 4 nitrogen and oxygen atoms in total. The second-order valence-corrected chi connectivity index (χ2v) is 1.65. The van der Waals surface area contributed by atoms with Crippen molar-refractivity contribution in [1.29, 1.82) is 0 Å². The van der Waals surface area contributed by atoms with Crippen LogP contribution in [0.5, 0.6) is 0 Å². The average molecular weight is 168 g/mol. The van der Waals surface area contributed by atoms with Crippen LogP contribution in [0, 0.1) is 0 Å². The van der Waals surface area contributed by atoms with Crippen molar-refractivity contribution in [3.05, 3.63) is 0 Å². The van der Waals surface area contributed by atoms with Crippen molar-refractivity contribution in [3.63, 3.8) is 0 Å². The maximum atomic E-state index is 8.80. The minimum Gasteiger partial charge on any atom is -0.828 e. The van der Waals surface area contributed by atoms with E-state index < -0.39 is 9.05 Å². The fourth-order valence-electron chi connectivity index (χ4n) is 0. The molecule has 0 bridgehead atoms. The Balaban J connectivity index is -0.0000000800. The summed E-state index contributed by atoms with van der Waals surface area (Å²) in [6, 6.07) is 0. The third kappa shape index (κ3) is 88.6. The van der Waals surface area contributed by atoms with E-state index in [0.717, 1.165) is 0 Å². The fourth-order valence-corrected chi connectivity index (χ4v) is 0. The Morgan fingerprint density at radius 2 is 1.14 bits per heavy atom. The number of hydrogen-bond donors (Lipinski definition) is 2. The zero-order chi connectivity index (χ0) is 4.50. The van der Waals surface area contributed by atoms with Crippen LogP contribution in [0.1, 0.15) is 0 Å². The van der Waals surface area contributed by atoms with E-state index in [9.17, 15) is 0 Å². The molecule has 40 valence electrons. The van der Waals surface area contributed by atoms with Gasteiger partial charge in [-0.25, -0.2) is 0 Å². The minimum absolute atomic E-state index is 0. The minimum atomic E-state index is -5.11. The Morgan fingerprint density at radius 3 is 1.14 bits per heavy atom. The summed E-state index contributed by atoms with van der Waals surface area (Å²) in [6.07, 6.45) is 0. The maximum Gasteiger partial charge on any atom is 2.00 e. The molecule has 0 fully saturated rings. The summed E-state index contributed by atoms with van der Waals surface area (Å²) in [4.78, 5) is 31.8. The van der Waals surface area contributed by atoms with Gasteiger partial charge in [-0.15, -0.1) is 0 Å². The van der Waals surface area contributed by atoms with Crippen molar-refractivity contribution in [2.75, 3.05) is 0 Å². The van der Waals surface area contributed by atoms with Gasteiger partial charge in [-0.1, -0.05) is 0 Å². The fraction of sp³-hybridized carbons (Fsp3) is 0. The smallest absolute Gasteiger partial charge is 0.828 e. The van der Waals surface area contributed by atoms with E-state index in [-0.39, 0.29) is 51.2 Å². The maximum absolute atomic E-state index is 8.80. The van der Waals surface area contributed by atoms with Crippen LogP contribution in [0.2, 0.25) is 0 Å². The van der Waals surface area contributed by atoms with Gasteiger partial charge < -0.3 is 19.2 Å². The molecule has 7 heavy (non-hydrogen) atoms. The van der Waals surface area contributed by atoms with Crippen LogP contribution in [0.3, 0.4) is 0 Å². The van der Waals surface area contributed by atoms with Crippen molar-refractivity contribution in [2.24, 2.45) is 0 Å². The monoisotopic (exact) mass is 168 g/mol. The van der Waals surface area contributed by atoms with Crippen LogP contribution in [0.25, 0.3) is 0 Å². The summed E-state index contributed by atoms with van der Waals surface area (Å²) < 4.78 is 0. The van der Waals surface area contributed by atoms with Gasteiger partial charge in [-0.2, -0.15) is 13.5 Å². The largest absolute Gasteiger partial charge is 2.00 e. The van der Waals surface area contributed by atoms with Gasteiger partial charge in [-0.05, 0) is 0 Å². The number of hydrogen-bond acceptors (Lipinski definition) is 4. The topological polar surface area (TPSA) is 86.6 Å². The average Bonchev–Trinajstić information content (AvgIpc) is 0.722. The predicted octanol–water partition coefficient (Wildman–Crippen LogP) is -4.14. The summed E-state index contributed by atoms with van der Waals surface area (Å²) in [5, 5.41) is 0. The van der Waals surface area contributed by atoms with Crippen LogP contribution in [-0.2, 0) is 0 Å². The Labute approximate surface area is 78.7 Å². The quantitative estimate of drug-likeness (QED) is 0.360. The molecule has 0 atom stereocenters. The van der Waals surface area contributed by atoms with Gasteiger partial charge in [0.1, 0.15) is 9.05 Å². The first-order valence-electron chi connectivity index (χ1n) is 0.855. The van der Waals surface area contributed by atoms with Crippen LogP contribution >= 0.6 is 13.5 Å². The SMILES string of the molecule is S.[Ca+2].[O-][Si]([O-])(O)O. The van der Waals surface area contributed by atoms with Crippen LogP contribution in [-0.4, -0.2) is 56.4 Å². The second-order valence-electron chi connectivity index (χ2n) is 0.548.